The van der Waals surface area contributed by atoms with Crippen LogP contribution >= 0.6 is 0 Å². The van der Waals surface area contributed by atoms with Crippen molar-refractivity contribution in [3.05, 3.63) is 30.1 Å². The molecule has 19 heavy (non-hydrogen) atoms. The molecule has 1 saturated carbocycles. The van der Waals surface area contributed by atoms with Crippen molar-refractivity contribution in [3.63, 3.8) is 0 Å². The van der Waals surface area contributed by atoms with Crippen molar-refractivity contribution in [2.24, 2.45) is 11.3 Å². The minimum absolute atomic E-state index is 0.254. The molecule has 1 aromatic rings. The lowest BCUT2D eigenvalue weighted by Gasteiger charge is -2.42. The molecule has 100 valence electrons. The number of carbonyl (C=O) groups excluding carboxylic acids is 1. The lowest BCUT2D eigenvalue weighted by molar-refractivity contribution is -0.131. The molecule has 0 atom stereocenters. The molecule has 0 unspecified atom stereocenters. The van der Waals surface area contributed by atoms with Crippen LogP contribution in [0.1, 0.15) is 26.7 Å². The van der Waals surface area contributed by atoms with Crippen LogP contribution in [0.15, 0.2) is 24.3 Å². The summed E-state index contributed by atoms with van der Waals surface area (Å²) in [6.45, 7) is 4.16. The molecule has 1 aliphatic carbocycles. The van der Waals surface area contributed by atoms with Crippen LogP contribution in [0.2, 0.25) is 0 Å². The third kappa shape index (κ3) is 2.21. The highest BCUT2D eigenvalue weighted by Gasteiger charge is 2.51. The van der Waals surface area contributed by atoms with Gasteiger partial charge in [-0.1, -0.05) is 19.1 Å². The summed E-state index contributed by atoms with van der Waals surface area (Å²) in [6.07, 6.45) is 1.13. The van der Waals surface area contributed by atoms with Crippen molar-refractivity contribution >= 4 is 11.6 Å². The van der Waals surface area contributed by atoms with Gasteiger partial charge in [-0.25, -0.2) is 4.39 Å². The minimum atomic E-state index is -0.961. The Balaban J connectivity index is 2.31. The number of hydrogen-bond donors (Lipinski definition) is 0. The zero-order chi connectivity index (χ0) is 14.0. The number of para-hydroxylation sites is 1. The monoisotopic (exact) mass is 260 g/mol. The number of hydrogen-bond acceptors (Lipinski definition) is 2. The van der Waals surface area contributed by atoms with Gasteiger partial charge in [0, 0.05) is 6.54 Å². The summed E-state index contributed by atoms with van der Waals surface area (Å²) in [6, 6.07) is 8.31. The van der Waals surface area contributed by atoms with Crippen molar-refractivity contribution < 1.29 is 9.18 Å². The highest BCUT2D eigenvalue weighted by atomic mass is 19.1. The van der Waals surface area contributed by atoms with Gasteiger partial charge in [-0.15, -0.1) is 0 Å². The van der Waals surface area contributed by atoms with Crippen molar-refractivity contribution in [2.45, 2.75) is 26.7 Å². The average molecular weight is 260 g/mol. The Morgan fingerprint density at radius 2 is 2.16 bits per heavy atom. The number of benzene rings is 1. The Kier molecular flexibility index (Phi) is 3.57. The molecule has 0 bridgehead atoms. The number of rotatable bonds is 3. The van der Waals surface area contributed by atoms with E-state index in [0.29, 0.717) is 25.3 Å². The van der Waals surface area contributed by atoms with Gasteiger partial charge in [0.05, 0.1) is 11.8 Å². The van der Waals surface area contributed by atoms with Gasteiger partial charge in [0.25, 0.3) is 0 Å². The number of amides is 1. The molecule has 0 N–H and O–H groups in total. The van der Waals surface area contributed by atoms with E-state index in [2.05, 4.69) is 6.07 Å². The fraction of sp³-hybridized carbons (Fsp3) is 0.467. The first kappa shape index (κ1) is 13.5. The quantitative estimate of drug-likeness (QED) is 0.838. The zero-order valence-corrected chi connectivity index (χ0v) is 11.2. The zero-order valence-electron chi connectivity index (χ0n) is 11.2. The largest absolute Gasteiger partial charge is 0.309 e. The summed E-state index contributed by atoms with van der Waals surface area (Å²) in [7, 11) is 0. The van der Waals surface area contributed by atoms with E-state index in [4.69, 9.17) is 0 Å². The average Bonchev–Trinajstić information content (AvgIpc) is 2.37. The summed E-state index contributed by atoms with van der Waals surface area (Å²) in [5, 5.41) is 9.29. The van der Waals surface area contributed by atoms with Crippen LogP contribution in [0.3, 0.4) is 0 Å². The smallest absolute Gasteiger partial charge is 0.247 e. The maximum atomic E-state index is 13.8. The molecule has 4 heteroatoms. The lowest BCUT2D eigenvalue weighted by atomic mass is 9.62. The Bertz CT molecular complexity index is 529. The van der Waals surface area contributed by atoms with Crippen LogP contribution in [-0.4, -0.2) is 12.5 Å². The van der Waals surface area contributed by atoms with Crippen LogP contribution in [0, 0.1) is 28.5 Å². The molecule has 0 saturated heterocycles. The van der Waals surface area contributed by atoms with E-state index in [0.717, 1.165) is 0 Å². The standard InChI is InChI=1S/C15H17FN2O/c1-3-18(13-7-5-4-6-12(13)16)14(19)15(10-17)8-11(2)9-15/h4-7,11H,3,8-9H2,1-2H3. The molecule has 0 aliphatic heterocycles. The Hall–Kier alpha value is -1.89. The van der Waals surface area contributed by atoms with Crippen molar-refractivity contribution in [3.8, 4) is 6.07 Å². The number of halogens is 1. The molecule has 0 heterocycles. The van der Waals surface area contributed by atoms with Gasteiger partial charge in [0.1, 0.15) is 11.2 Å². The van der Waals surface area contributed by atoms with Gasteiger partial charge in [0.15, 0.2) is 0 Å². The summed E-state index contributed by atoms with van der Waals surface area (Å²) < 4.78 is 13.8. The Labute approximate surface area is 112 Å². The normalized spacial score (nSPS) is 25.3. The van der Waals surface area contributed by atoms with Crippen LogP contribution in [0.25, 0.3) is 0 Å². The minimum Gasteiger partial charge on any atom is -0.309 e. The third-order valence-electron chi connectivity index (χ3n) is 3.72. The molecule has 2 rings (SSSR count). The molecule has 1 amide bonds. The van der Waals surface area contributed by atoms with Crippen LogP contribution in [-0.2, 0) is 4.79 Å². The number of nitrogens with zero attached hydrogens (tertiary/aromatic N) is 2. The van der Waals surface area contributed by atoms with Crippen molar-refractivity contribution in [1.29, 1.82) is 5.26 Å². The fourth-order valence-electron chi connectivity index (χ4n) is 2.80. The first-order valence-electron chi connectivity index (χ1n) is 6.52. The van der Waals surface area contributed by atoms with E-state index < -0.39 is 11.2 Å². The van der Waals surface area contributed by atoms with Crippen molar-refractivity contribution in [2.75, 3.05) is 11.4 Å². The van der Waals surface area contributed by atoms with Gasteiger partial charge in [-0.3, -0.25) is 4.79 Å². The van der Waals surface area contributed by atoms with Crippen LogP contribution < -0.4 is 4.90 Å². The second-order valence-corrected chi connectivity index (χ2v) is 5.21. The summed E-state index contributed by atoms with van der Waals surface area (Å²) in [5.74, 6) is -0.332. The summed E-state index contributed by atoms with van der Waals surface area (Å²) >= 11 is 0. The number of carbonyl (C=O) groups is 1. The first-order valence-corrected chi connectivity index (χ1v) is 6.52. The van der Waals surface area contributed by atoms with E-state index in [1.807, 2.05) is 6.92 Å². The predicted octanol–water partition coefficient (Wildman–Crippen LogP) is 3.12. The van der Waals surface area contributed by atoms with Gasteiger partial charge >= 0.3 is 0 Å². The predicted molar refractivity (Wildman–Crippen MR) is 70.9 cm³/mol. The van der Waals surface area contributed by atoms with E-state index in [1.165, 1.54) is 11.0 Å². The second kappa shape index (κ2) is 5.00. The molecular formula is C15H17FN2O. The molecule has 1 aromatic carbocycles. The van der Waals surface area contributed by atoms with Gasteiger partial charge < -0.3 is 4.90 Å². The molecular weight excluding hydrogens is 243 g/mol. The highest BCUT2D eigenvalue weighted by Crippen LogP contribution is 2.46. The SMILES string of the molecule is CCN(C(=O)C1(C#N)CC(C)C1)c1ccccc1F. The topological polar surface area (TPSA) is 44.1 Å². The fourth-order valence-corrected chi connectivity index (χ4v) is 2.80. The van der Waals surface area contributed by atoms with Gasteiger partial charge in [-0.05, 0) is 37.8 Å². The first-order chi connectivity index (χ1) is 9.04. The van der Waals surface area contributed by atoms with Gasteiger partial charge in [-0.2, -0.15) is 5.26 Å². The molecule has 0 spiro atoms. The lowest BCUT2D eigenvalue weighted by Crippen LogP contribution is -2.50. The maximum Gasteiger partial charge on any atom is 0.247 e. The molecule has 1 aliphatic rings. The molecule has 0 radical (unpaired) electrons. The molecule has 0 aromatic heterocycles. The van der Waals surface area contributed by atoms with Gasteiger partial charge in [0.2, 0.25) is 5.91 Å². The highest BCUT2D eigenvalue weighted by molar-refractivity contribution is 6.00. The Morgan fingerprint density at radius 3 is 2.63 bits per heavy atom. The van der Waals surface area contributed by atoms with Crippen LogP contribution in [0.5, 0.6) is 0 Å². The number of anilines is 1. The summed E-state index contributed by atoms with van der Waals surface area (Å²) in [4.78, 5) is 13.9. The Morgan fingerprint density at radius 1 is 1.53 bits per heavy atom. The molecule has 3 nitrogen and oxygen atoms in total. The van der Waals surface area contributed by atoms with E-state index in [9.17, 15) is 14.4 Å². The van der Waals surface area contributed by atoms with E-state index >= 15 is 0 Å². The summed E-state index contributed by atoms with van der Waals surface area (Å²) in [5.41, 5.74) is -0.707. The number of nitriles is 1. The van der Waals surface area contributed by atoms with Crippen molar-refractivity contribution in [1.82, 2.24) is 0 Å². The third-order valence-corrected chi connectivity index (χ3v) is 3.72. The van der Waals surface area contributed by atoms with E-state index in [1.54, 1.807) is 25.1 Å². The van der Waals surface area contributed by atoms with E-state index in [-0.39, 0.29) is 11.6 Å². The maximum absolute atomic E-state index is 13.8. The molecule has 1 fully saturated rings. The second-order valence-electron chi connectivity index (χ2n) is 5.21. The van der Waals surface area contributed by atoms with Crippen LogP contribution in [0.4, 0.5) is 10.1 Å².